The van der Waals surface area contributed by atoms with Crippen molar-refractivity contribution in [2.24, 2.45) is 11.8 Å². The molecule has 0 amide bonds. The molecule has 0 saturated heterocycles. The standard InChI is InChI=1S/C14H31NO2S/c1-6-18(16,17)9-7-8-14(10-12(2)3)11-15-13(4)5/h12-15H,6-11H2,1-5H3. The highest BCUT2D eigenvalue weighted by Gasteiger charge is 2.14. The molecule has 0 aromatic carbocycles. The molecule has 0 aromatic heterocycles. The second kappa shape index (κ2) is 8.92. The maximum absolute atomic E-state index is 11.5. The van der Waals surface area contributed by atoms with E-state index in [0.717, 1.165) is 19.4 Å². The Hall–Kier alpha value is -0.0900. The van der Waals surface area contributed by atoms with Gasteiger partial charge < -0.3 is 5.32 Å². The number of nitrogens with one attached hydrogen (secondary N) is 1. The van der Waals surface area contributed by atoms with E-state index in [0.29, 0.717) is 23.6 Å². The number of sulfone groups is 1. The van der Waals surface area contributed by atoms with Crippen molar-refractivity contribution < 1.29 is 8.42 Å². The molecule has 1 unspecified atom stereocenters. The Morgan fingerprint density at radius 3 is 2.17 bits per heavy atom. The molecular weight excluding hydrogens is 246 g/mol. The van der Waals surface area contributed by atoms with Gasteiger partial charge in [0.15, 0.2) is 0 Å². The first-order chi connectivity index (χ1) is 8.26. The van der Waals surface area contributed by atoms with Crippen molar-refractivity contribution in [1.82, 2.24) is 5.32 Å². The molecule has 0 radical (unpaired) electrons. The van der Waals surface area contributed by atoms with Crippen LogP contribution < -0.4 is 5.32 Å². The third-order valence-corrected chi connectivity index (χ3v) is 4.92. The van der Waals surface area contributed by atoms with Crippen LogP contribution in [0.3, 0.4) is 0 Å². The zero-order valence-electron chi connectivity index (χ0n) is 12.7. The fourth-order valence-corrected chi connectivity index (χ4v) is 3.00. The van der Waals surface area contributed by atoms with E-state index < -0.39 is 9.84 Å². The Bertz CT molecular complexity index is 297. The van der Waals surface area contributed by atoms with Gasteiger partial charge in [0.25, 0.3) is 0 Å². The third-order valence-electron chi connectivity index (χ3n) is 3.13. The van der Waals surface area contributed by atoms with E-state index in [2.05, 4.69) is 33.0 Å². The summed E-state index contributed by atoms with van der Waals surface area (Å²) in [5.74, 6) is 1.89. The van der Waals surface area contributed by atoms with Crippen molar-refractivity contribution in [3.8, 4) is 0 Å². The second-order valence-electron chi connectivity index (χ2n) is 5.94. The number of rotatable bonds is 10. The predicted molar refractivity (Wildman–Crippen MR) is 79.6 cm³/mol. The first-order valence-electron chi connectivity index (χ1n) is 7.20. The van der Waals surface area contributed by atoms with Gasteiger partial charge in [-0.05, 0) is 37.6 Å². The van der Waals surface area contributed by atoms with E-state index in [1.807, 2.05) is 0 Å². The van der Waals surface area contributed by atoms with Crippen LogP contribution in [0.1, 0.15) is 53.9 Å². The lowest BCUT2D eigenvalue weighted by Crippen LogP contribution is -2.30. The highest BCUT2D eigenvalue weighted by molar-refractivity contribution is 7.91. The SMILES string of the molecule is CCS(=O)(=O)CCCC(CNC(C)C)CC(C)C. The molecule has 0 saturated carbocycles. The minimum Gasteiger partial charge on any atom is -0.314 e. The molecule has 0 bridgehead atoms. The molecule has 0 spiro atoms. The van der Waals surface area contributed by atoms with Gasteiger partial charge in [0.1, 0.15) is 9.84 Å². The Kier molecular flexibility index (Phi) is 8.87. The minimum atomic E-state index is -2.80. The van der Waals surface area contributed by atoms with Gasteiger partial charge >= 0.3 is 0 Å². The fraction of sp³-hybridized carbons (Fsp3) is 1.00. The van der Waals surface area contributed by atoms with E-state index in [9.17, 15) is 8.42 Å². The van der Waals surface area contributed by atoms with E-state index in [1.54, 1.807) is 6.92 Å². The quantitative estimate of drug-likeness (QED) is 0.668. The molecule has 0 aliphatic heterocycles. The van der Waals surface area contributed by atoms with Gasteiger partial charge in [-0.3, -0.25) is 0 Å². The summed E-state index contributed by atoms with van der Waals surface area (Å²) in [6, 6.07) is 0.499. The average molecular weight is 277 g/mol. The molecule has 0 aromatic rings. The highest BCUT2D eigenvalue weighted by Crippen LogP contribution is 2.17. The van der Waals surface area contributed by atoms with Crippen molar-refractivity contribution >= 4 is 9.84 Å². The van der Waals surface area contributed by atoms with Crippen LogP contribution in [0, 0.1) is 11.8 Å². The van der Waals surface area contributed by atoms with Crippen molar-refractivity contribution in [3.63, 3.8) is 0 Å². The van der Waals surface area contributed by atoms with Crippen LogP contribution in [-0.4, -0.2) is 32.5 Å². The van der Waals surface area contributed by atoms with Crippen molar-refractivity contribution in [1.29, 1.82) is 0 Å². The van der Waals surface area contributed by atoms with Crippen molar-refractivity contribution in [2.45, 2.75) is 59.9 Å². The van der Waals surface area contributed by atoms with E-state index in [-0.39, 0.29) is 5.75 Å². The van der Waals surface area contributed by atoms with Gasteiger partial charge in [-0.2, -0.15) is 0 Å². The van der Waals surface area contributed by atoms with Crippen LogP contribution in [0.5, 0.6) is 0 Å². The lowest BCUT2D eigenvalue weighted by molar-refractivity contribution is 0.353. The molecule has 18 heavy (non-hydrogen) atoms. The Labute approximate surface area is 114 Å². The Morgan fingerprint density at radius 1 is 1.11 bits per heavy atom. The lowest BCUT2D eigenvalue weighted by Gasteiger charge is -2.21. The van der Waals surface area contributed by atoms with Crippen LogP contribution in [-0.2, 0) is 9.84 Å². The Morgan fingerprint density at radius 2 is 1.72 bits per heavy atom. The molecule has 0 fully saturated rings. The van der Waals surface area contributed by atoms with Crippen LogP contribution in [0.25, 0.3) is 0 Å². The Balaban J connectivity index is 4.08. The zero-order chi connectivity index (χ0) is 14.2. The topological polar surface area (TPSA) is 46.2 Å². The summed E-state index contributed by atoms with van der Waals surface area (Å²) in [6.07, 6.45) is 2.98. The van der Waals surface area contributed by atoms with Crippen LogP contribution >= 0.6 is 0 Å². The summed E-state index contributed by atoms with van der Waals surface area (Å²) >= 11 is 0. The molecule has 4 heteroatoms. The van der Waals surface area contributed by atoms with Crippen molar-refractivity contribution in [3.05, 3.63) is 0 Å². The first kappa shape index (κ1) is 17.9. The summed E-state index contributed by atoms with van der Waals surface area (Å²) in [6.45, 7) is 11.5. The maximum atomic E-state index is 11.5. The summed E-state index contributed by atoms with van der Waals surface area (Å²) in [4.78, 5) is 0. The molecule has 1 atom stereocenters. The largest absolute Gasteiger partial charge is 0.314 e. The molecule has 3 nitrogen and oxygen atoms in total. The monoisotopic (exact) mass is 277 g/mol. The normalized spacial score (nSPS) is 14.4. The van der Waals surface area contributed by atoms with E-state index in [1.165, 1.54) is 6.42 Å². The molecule has 110 valence electrons. The summed E-state index contributed by atoms with van der Waals surface area (Å²) in [5.41, 5.74) is 0. The summed E-state index contributed by atoms with van der Waals surface area (Å²) in [7, 11) is -2.80. The average Bonchev–Trinajstić information content (AvgIpc) is 2.24. The van der Waals surface area contributed by atoms with Gasteiger partial charge in [-0.15, -0.1) is 0 Å². The third kappa shape index (κ3) is 9.89. The van der Waals surface area contributed by atoms with Crippen LogP contribution in [0.15, 0.2) is 0 Å². The van der Waals surface area contributed by atoms with Crippen molar-refractivity contribution in [2.75, 3.05) is 18.1 Å². The molecule has 1 N–H and O–H groups in total. The highest BCUT2D eigenvalue weighted by atomic mass is 32.2. The number of hydrogen-bond donors (Lipinski definition) is 1. The smallest absolute Gasteiger partial charge is 0.150 e. The lowest BCUT2D eigenvalue weighted by atomic mass is 9.93. The fourth-order valence-electron chi connectivity index (χ4n) is 2.11. The number of hydrogen-bond acceptors (Lipinski definition) is 3. The van der Waals surface area contributed by atoms with Gasteiger partial charge in [0.05, 0.1) is 5.75 Å². The summed E-state index contributed by atoms with van der Waals surface area (Å²) in [5, 5.41) is 3.46. The maximum Gasteiger partial charge on any atom is 0.150 e. The summed E-state index contributed by atoms with van der Waals surface area (Å²) < 4.78 is 22.9. The second-order valence-corrected chi connectivity index (χ2v) is 8.41. The van der Waals surface area contributed by atoms with Gasteiger partial charge in [0.2, 0.25) is 0 Å². The molecule has 0 rings (SSSR count). The van der Waals surface area contributed by atoms with Gasteiger partial charge in [-0.25, -0.2) is 8.42 Å². The predicted octanol–water partition coefficient (Wildman–Crippen LogP) is 2.86. The van der Waals surface area contributed by atoms with Crippen LogP contribution in [0.2, 0.25) is 0 Å². The van der Waals surface area contributed by atoms with Gasteiger partial charge in [-0.1, -0.05) is 34.6 Å². The minimum absolute atomic E-state index is 0.270. The molecular formula is C14H31NO2S. The van der Waals surface area contributed by atoms with E-state index in [4.69, 9.17) is 0 Å². The van der Waals surface area contributed by atoms with Gasteiger partial charge in [0, 0.05) is 11.8 Å². The molecule has 0 heterocycles. The molecule has 0 aliphatic carbocycles. The molecule has 0 aliphatic rings. The van der Waals surface area contributed by atoms with E-state index >= 15 is 0 Å². The zero-order valence-corrected chi connectivity index (χ0v) is 13.5. The van der Waals surface area contributed by atoms with Crippen LogP contribution in [0.4, 0.5) is 0 Å². The first-order valence-corrected chi connectivity index (χ1v) is 9.02.